The summed E-state index contributed by atoms with van der Waals surface area (Å²) in [4.78, 5) is 5.24. The van der Waals surface area contributed by atoms with E-state index >= 15 is 0 Å². The van der Waals surface area contributed by atoms with Gasteiger partial charge in [-0.05, 0) is 161 Å². The van der Waals surface area contributed by atoms with E-state index in [0.29, 0.717) is 0 Å². The Morgan fingerprint density at radius 1 is 0.238 bits per heavy atom. The molecule has 16 aromatic rings. The second-order valence-corrected chi connectivity index (χ2v) is 37.7. The number of fused-ring (bicyclic) bond motifs is 4. The van der Waals surface area contributed by atoms with Crippen molar-refractivity contribution in [3.8, 4) is 66.8 Å². The van der Waals surface area contributed by atoms with Crippen LogP contribution in [0.4, 0.5) is 17.1 Å². The van der Waals surface area contributed by atoms with Crippen LogP contribution < -0.4 is 62.8 Å². The van der Waals surface area contributed by atoms with Crippen molar-refractivity contribution in [3.05, 3.63) is 412 Å². The smallest absolute Gasteiger partial charge is 0.249 e. The lowest BCUT2D eigenvalue weighted by Crippen LogP contribution is -2.74. The van der Waals surface area contributed by atoms with Crippen LogP contribution in [0.1, 0.15) is 26.3 Å². The van der Waals surface area contributed by atoms with E-state index in [2.05, 4.69) is 432 Å². The molecule has 0 saturated heterocycles. The van der Waals surface area contributed by atoms with Crippen LogP contribution in [0.2, 0.25) is 0 Å². The summed E-state index contributed by atoms with van der Waals surface area (Å²) >= 11 is 1.94. The highest BCUT2D eigenvalue weighted by atomic mass is 32.2. The van der Waals surface area contributed by atoms with Crippen LogP contribution in [0, 0.1) is 0 Å². The van der Waals surface area contributed by atoms with E-state index in [9.17, 15) is 0 Å². The number of anilines is 3. The van der Waals surface area contributed by atoms with Crippen molar-refractivity contribution in [3.63, 3.8) is 0 Å². The highest BCUT2D eigenvalue weighted by molar-refractivity contribution is 8.00. The molecule has 2 aliphatic heterocycles. The van der Waals surface area contributed by atoms with Gasteiger partial charge in [0.15, 0.2) is 16.1 Å². The van der Waals surface area contributed by atoms with Gasteiger partial charge in [-0.15, -0.1) is 0 Å². The Kier molecular flexibility index (Phi) is 17.0. The topological polar surface area (TPSA) is 3.24 Å². The predicted octanol–water partition coefficient (Wildman–Crippen LogP) is 18.5. The lowest BCUT2D eigenvalue weighted by atomic mass is 9.34. The first-order valence-corrected chi connectivity index (χ1v) is 41.5. The molecule has 0 aliphatic carbocycles. The zero-order valence-electron chi connectivity index (χ0n) is 59.1. The second-order valence-electron chi connectivity index (χ2n) is 29.0. The number of hydrogen-bond donors (Lipinski definition) is 0. The highest BCUT2D eigenvalue weighted by Crippen LogP contribution is 2.49. The third-order valence-electron chi connectivity index (χ3n) is 22.0. The molecule has 16 aromatic carbocycles. The van der Waals surface area contributed by atoms with Crippen LogP contribution >= 0.6 is 11.8 Å². The molecule has 0 amide bonds. The molecule has 5 heteroatoms. The van der Waals surface area contributed by atoms with Crippen molar-refractivity contribution in [2.45, 2.75) is 36.0 Å². The molecule has 2 aliphatic rings. The van der Waals surface area contributed by atoms with Crippen LogP contribution in [0.3, 0.4) is 0 Å². The van der Waals surface area contributed by atoms with Gasteiger partial charge < -0.3 is 4.90 Å². The maximum atomic E-state index is 2.65. The molecule has 0 bridgehead atoms. The van der Waals surface area contributed by atoms with Crippen LogP contribution in [0.5, 0.6) is 0 Å². The van der Waals surface area contributed by atoms with E-state index in [1.54, 1.807) is 0 Å². The molecule has 0 radical (unpaired) electrons. The van der Waals surface area contributed by atoms with E-state index in [1.807, 2.05) is 11.8 Å². The van der Waals surface area contributed by atoms with Gasteiger partial charge in [0.2, 0.25) is 6.71 Å². The minimum absolute atomic E-state index is 0.0480. The number of rotatable bonds is 15. The van der Waals surface area contributed by atoms with Crippen molar-refractivity contribution in [1.29, 1.82) is 0 Å². The van der Waals surface area contributed by atoms with E-state index < -0.39 is 16.1 Å². The second kappa shape index (κ2) is 27.4. The van der Waals surface area contributed by atoms with Crippen molar-refractivity contribution in [2.24, 2.45) is 0 Å². The average Bonchev–Trinajstić information content (AvgIpc) is 0.701. The zero-order valence-corrected chi connectivity index (χ0v) is 61.9. The van der Waals surface area contributed by atoms with Gasteiger partial charge in [0.1, 0.15) is 0 Å². The summed E-state index contributed by atoms with van der Waals surface area (Å²) in [6, 6.07) is 154. The summed E-state index contributed by atoms with van der Waals surface area (Å²) in [5, 5.41) is 10.7. The lowest BCUT2D eigenvalue weighted by Gasteiger charge is -2.42. The Balaban J connectivity index is 0.852. The number of benzene rings is 16. The molecule has 0 saturated carbocycles. The molecule has 0 atom stereocenters. The largest absolute Gasteiger partial charge is 0.311 e. The highest BCUT2D eigenvalue weighted by Gasteiger charge is 2.45. The Labute approximate surface area is 624 Å². The van der Waals surface area contributed by atoms with Gasteiger partial charge in [0.05, 0.1) is 5.69 Å². The molecular formula is C100H76BNSSi2. The standard InChI is InChI=1S/C100H76BNSSi2/c1-100(2,3)82-56-62-93-97(70-82)103-98-69-81(75-52-59-88(60-53-75)105(85-44-24-10-25-45-85,86-46-26-11-27-47-86)90-49-29-39-78(65-90)72-32-14-5-15-33-72)68-96-99(98)101(93)92-61-54-80(67-95(92)102(96)94-63-55-79(73-34-16-6-17-35-73)66-91(94)76-36-18-7-19-37-76)74-50-57-87(58-51-74)104(83-40-20-8-21-41-83,84-42-22-9-23-43-84)89-48-28-38-77(64-89)71-30-12-4-13-31-71/h4-70H,1-3H3. The first-order valence-electron chi connectivity index (χ1n) is 36.6. The summed E-state index contributed by atoms with van der Waals surface area (Å²) < 4.78 is 0. The monoisotopic (exact) mass is 1390 g/mol. The van der Waals surface area contributed by atoms with Gasteiger partial charge >= 0.3 is 0 Å². The van der Waals surface area contributed by atoms with E-state index in [-0.39, 0.29) is 12.1 Å². The zero-order chi connectivity index (χ0) is 70.5. The maximum Gasteiger partial charge on any atom is 0.249 e. The predicted molar refractivity (Wildman–Crippen MR) is 455 cm³/mol. The normalized spacial score (nSPS) is 12.4. The fraction of sp³-hybridized carbons (Fsp3) is 0.0400. The molecule has 0 unspecified atom stereocenters. The number of nitrogens with zero attached hydrogens (tertiary/aromatic N) is 1. The van der Waals surface area contributed by atoms with Crippen molar-refractivity contribution >= 4 is 110 Å². The lowest BCUT2D eigenvalue weighted by molar-refractivity contribution is 0.589. The van der Waals surface area contributed by atoms with Gasteiger partial charge in [-0.25, -0.2) is 0 Å². The minimum Gasteiger partial charge on any atom is -0.311 e. The number of hydrogen-bond acceptors (Lipinski definition) is 2. The fourth-order valence-corrected chi connectivity index (χ4v) is 27.7. The first-order chi connectivity index (χ1) is 51.7. The van der Waals surface area contributed by atoms with Gasteiger partial charge in [0, 0.05) is 26.7 Å². The van der Waals surface area contributed by atoms with E-state index in [0.717, 1.165) is 22.4 Å². The van der Waals surface area contributed by atoms with Gasteiger partial charge in [-0.3, -0.25) is 0 Å². The van der Waals surface area contributed by atoms with Crippen molar-refractivity contribution in [1.82, 2.24) is 0 Å². The van der Waals surface area contributed by atoms with Crippen LogP contribution in [-0.4, -0.2) is 22.9 Å². The third-order valence-corrected chi connectivity index (χ3v) is 32.7. The van der Waals surface area contributed by atoms with Crippen LogP contribution in [0.25, 0.3) is 66.8 Å². The van der Waals surface area contributed by atoms with Crippen LogP contribution in [-0.2, 0) is 5.41 Å². The maximum absolute atomic E-state index is 2.97. The molecule has 0 fully saturated rings. The molecule has 0 aromatic heterocycles. The van der Waals surface area contributed by atoms with Gasteiger partial charge in [-0.2, -0.15) is 0 Å². The van der Waals surface area contributed by atoms with E-state index in [1.165, 1.54) is 135 Å². The average molecular weight is 1390 g/mol. The molecular weight excluding hydrogens is 1310 g/mol. The molecule has 18 rings (SSSR count). The summed E-state index contributed by atoms with van der Waals surface area (Å²) in [5.41, 5.74) is 23.0. The van der Waals surface area contributed by atoms with E-state index in [4.69, 9.17) is 0 Å². The fourth-order valence-electron chi connectivity index (χ4n) is 16.9. The molecule has 1 nitrogen and oxygen atoms in total. The Morgan fingerprint density at radius 3 is 1.04 bits per heavy atom. The molecule has 0 spiro atoms. The molecule has 498 valence electrons. The molecule has 2 heterocycles. The molecule has 105 heavy (non-hydrogen) atoms. The quantitative estimate of drug-likeness (QED) is 0.0743. The van der Waals surface area contributed by atoms with Gasteiger partial charge in [-0.1, -0.05) is 408 Å². The SMILES string of the molecule is CC(C)(C)c1ccc2c(c1)Sc1cc(-c3ccc([Si](c4ccccc4)(c4ccccc4)c4cccc(-c5ccccc5)c4)cc3)cc3c1B2c1ccc(-c2ccc([Si](c4ccccc4)(c4ccccc4)c4cccc(-c5ccccc5)c4)cc2)cc1N3c1ccc(-c2ccccc2)cc1-c1ccccc1. The summed E-state index contributed by atoms with van der Waals surface area (Å²) in [5.74, 6) is 0. The van der Waals surface area contributed by atoms with Crippen LogP contribution in [0.15, 0.2) is 416 Å². The van der Waals surface area contributed by atoms with Crippen molar-refractivity contribution in [2.75, 3.05) is 4.90 Å². The third kappa shape index (κ3) is 11.7. The Morgan fingerprint density at radius 2 is 0.581 bits per heavy atom. The first kappa shape index (κ1) is 65.2. The summed E-state index contributed by atoms with van der Waals surface area (Å²) in [7, 11) is -5.92. The van der Waals surface area contributed by atoms with Crippen molar-refractivity contribution < 1.29 is 0 Å². The van der Waals surface area contributed by atoms with Gasteiger partial charge in [0.25, 0.3) is 0 Å². The summed E-state index contributed by atoms with van der Waals surface area (Å²) in [6.45, 7) is 6.97. The summed E-state index contributed by atoms with van der Waals surface area (Å²) in [6.07, 6.45) is 0. The Hall–Kier alpha value is -11.8. The Bertz CT molecular complexity index is 5740. The molecule has 0 N–H and O–H groups in total. The minimum atomic E-state index is -2.97.